The Hall–Kier alpha value is -2.13. The van der Waals surface area contributed by atoms with E-state index >= 15 is 0 Å². The Morgan fingerprint density at radius 3 is 1.97 bits per heavy atom. The van der Waals surface area contributed by atoms with Crippen LogP contribution in [-0.2, 0) is 27.3 Å². The lowest BCUT2D eigenvalue weighted by atomic mass is 9.86. The van der Waals surface area contributed by atoms with Gasteiger partial charge in [-0.1, -0.05) is 125 Å². The molecule has 3 atom stereocenters. The molecule has 0 spiro atoms. The van der Waals surface area contributed by atoms with Gasteiger partial charge in [0.25, 0.3) is 0 Å². The lowest BCUT2D eigenvalue weighted by Crippen LogP contribution is -2.48. The second-order valence-electron chi connectivity index (χ2n) is 9.54. The number of esters is 1. The molecule has 1 unspecified atom stereocenters. The molecule has 0 aromatic heterocycles. The molecule has 33 heavy (non-hydrogen) atoms. The molecule has 2 aromatic carbocycles. The summed E-state index contributed by atoms with van der Waals surface area (Å²) in [6.45, 7) is 2.89. The summed E-state index contributed by atoms with van der Waals surface area (Å²) in [4.78, 5) is 12.2. The van der Waals surface area contributed by atoms with Gasteiger partial charge in [-0.2, -0.15) is 0 Å². The van der Waals surface area contributed by atoms with Crippen LogP contribution in [0.5, 0.6) is 0 Å². The third-order valence-electron chi connectivity index (χ3n) is 6.77. The zero-order valence-electron chi connectivity index (χ0n) is 20.4. The number of carbonyl (C=O) groups excluding carboxylic acids is 1. The van der Waals surface area contributed by atoms with Crippen LogP contribution in [0.15, 0.2) is 60.7 Å². The number of cyclic esters (lactones) is 1. The minimum atomic E-state index is -0.0614. The minimum absolute atomic E-state index is 0.0305. The Morgan fingerprint density at radius 1 is 0.788 bits per heavy atom. The van der Waals surface area contributed by atoms with Gasteiger partial charge < -0.3 is 9.47 Å². The van der Waals surface area contributed by atoms with Crippen molar-refractivity contribution in [1.82, 2.24) is 0 Å². The summed E-state index contributed by atoms with van der Waals surface area (Å²) in [6.07, 6.45) is 14.6. The van der Waals surface area contributed by atoms with Crippen molar-refractivity contribution in [2.75, 3.05) is 0 Å². The molecule has 3 rings (SSSR count). The van der Waals surface area contributed by atoms with Crippen molar-refractivity contribution >= 4 is 5.97 Å². The molecule has 1 saturated heterocycles. The normalized spacial score (nSPS) is 18.5. The quantitative estimate of drug-likeness (QED) is 0.183. The van der Waals surface area contributed by atoms with Crippen LogP contribution in [0, 0.1) is 5.92 Å². The summed E-state index contributed by atoms with van der Waals surface area (Å²) < 4.78 is 11.9. The van der Waals surface area contributed by atoms with E-state index in [1.807, 2.05) is 24.3 Å². The second kappa shape index (κ2) is 14.9. The summed E-state index contributed by atoms with van der Waals surface area (Å²) in [5, 5.41) is 0. The summed E-state index contributed by atoms with van der Waals surface area (Å²) in [5.41, 5.74) is 2.39. The maximum atomic E-state index is 12.2. The molecule has 1 fully saturated rings. The topological polar surface area (TPSA) is 35.5 Å². The SMILES string of the molecule is CCCCCCCCCCCC(C[C@@H]1OC(=O)[C@H]1Cc1ccccc1)OCc1ccccc1. The van der Waals surface area contributed by atoms with Crippen molar-refractivity contribution in [3.8, 4) is 0 Å². The highest BCUT2D eigenvalue weighted by atomic mass is 16.6. The standard InChI is InChI=1S/C30H42O3/c1-2-3-4-5-6-7-8-9-16-21-27(32-24-26-19-14-11-15-20-26)23-29-28(30(31)33-29)22-25-17-12-10-13-18-25/h10-15,17-20,27-29H,2-9,16,21-24H2,1H3/t27?,28-,29-/m0/s1. The Morgan fingerprint density at radius 2 is 1.36 bits per heavy atom. The maximum Gasteiger partial charge on any atom is 0.313 e. The molecule has 0 bridgehead atoms. The Kier molecular flexibility index (Phi) is 11.5. The molecule has 0 saturated carbocycles. The van der Waals surface area contributed by atoms with Crippen molar-refractivity contribution in [3.05, 3.63) is 71.8 Å². The van der Waals surface area contributed by atoms with Gasteiger partial charge in [-0.25, -0.2) is 0 Å². The molecule has 3 heteroatoms. The molecule has 1 aliphatic heterocycles. The highest BCUT2D eigenvalue weighted by Gasteiger charge is 2.43. The predicted octanol–water partition coefficient (Wildman–Crippen LogP) is 7.67. The molecule has 0 radical (unpaired) electrons. The molecule has 2 aromatic rings. The summed E-state index contributed by atoms with van der Waals surface area (Å²) in [6, 6.07) is 20.6. The first kappa shape index (κ1) is 25.5. The number of hydrogen-bond acceptors (Lipinski definition) is 3. The highest BCUT2D eigenvalue weighted by Crippen LogP contribution is 2.31. The van der Waals surface area contributed by atoms with Crippen molar-refractivity contribution in [3.63, 3.8) is 0 Å². The van der Waals surface area contributed by atoms with E-state index in [1.165, 1.54) is 68.9 Å². The molecule has 180 valence electrons. The van der Waals surface area contributed by atoms with Gasteiger partial charge in [0.1, 0.15) is 6.10 Å². The van der Waals surface area contributed by atoms with Crippen molar-refractivity contribution in [2.24, 2.45) is 5.92 Å². The summed E-state index contributed by atoms with van der Waals surface area (Å²) in [5.74, 6) is -0.105. The number of unbranched alkanes of at least 4 members (excludes halogenated alkanes) is 8. The monoisotopic (exact) mass is 450 g/mol. The Labute approximate surface area is 200 Å². The highest BCUT2D eigenvalue weighted by molar-refractivity contribution is 5.78. The van der Waals surface area contributed by atoms with E-state index in [2.05, 4.69) is 43.3 Å². The number of benzene rings is 2. The van der Waals surface area contributed by atoms with E-state index < -0.39 is 0 Å². The molecule has 1 aliphatic rings. The van der Waals surface area contributed by atoms with Crippen LogP contribution in [0.4, 0.5) is 0 Å². The van der Waals surface area contributed by atoms with Crippen molar-refractivity contribution in [2.45, 2.75) is 103 Å². The molecule has 0 amide bonds. The first-order valence-electron chi connectivity index (χ1n) is 13.2. The Bertz CT molecular complexity index is 774. The molecule has 0 aliphatic carbocycles. The smallest absolute Gasteiger partial charge is 0.313 e. The van der Waals surface area contributed by atoms with E-state index in [1.54, 1.807) is 0 Å². The van der Waals surface area contributed by atoms with E-state index in [4.69, 9.17) is 9.47 Å². The van der Waals surface area contributed by atoms with Crippen molar-refractivity contribution < 1.29 is 14.3 Å². The number of ether oxygens (including phenoxy) is 2. The van der Waals surface area contributed by atoms with Crippen LogP contribution in [0.2, 0.25) is 0 Å². The zero-order valence-corrected chi connectivity index (χ0v) is 20.4. The van der Waals surface area contributed by atoms with E-state index in [9.17, 15) is 4.79 Å². The molecule has 1 heterocycles. The fraction of sp³-hybridized carbons (Fsp3) is 0.567. The van der Waals surface area contributed by atoms with Gasteiger partial charge in [-0.3, -0.25) is 4.79 Å². The largest absolute Gasteiger partial charge is 0.461 e. The minimum Gasteiger partial charge on any atom is -0.461 e. The first-order valence-corrected chi connectivity index (χ1v) is 13.2. The Balaban J connectivity index is 1.44. The fourth-order valence-electron chi connectivity index (χ4n) is 4.69. The van der Waals surface area contributed by atoms with Crippen LogP contribution >= 0.6 is 0 Å². The van der Waals surface area contributed by atoms with Gasteiger partial charge >= 0.3 is 5.97 Å². The number of rotatable bonds is 17. The average Bonchev–Trinajstić information content (AvgIpc) is 2.85. The van der Waals surface area contributed by atoms with Crippen LogP contribution < -0.4 is 0 Å². The molecule has 3 nitrogen and oxygen atoms in total. The van der Waals surface area contributed by atoms with E-state index in [0.717, 1.165) is 19.3 Å². The predicted molar refractivity (Wildman–Crippen MR) is 135 cm³/mol. The zero-order chi connectivity index (χ0) is 23.1. The molecular formula is C30H42O3. The van der Waals surface area contributed by atoms with Crippen molar-refractivity contribution in [1.29, 1.82) is 0 Å². The van der Waals surface area contributed by atoms with E-state index in [0.29, 0.717) is 6.61 Å². The van der Waals surface area contributed by atoms with Crippen LogP contribution in [0.3, 0.4) is 0 Å². The van der Waals surface area contributed by atoms with Gasteiger partial charge in [0, 0.05) is 6.42 Å². The van der Waals surface area contributed by atoms with Gasteiger partial charge in [-0.15, -0.1) is 0 Å². The molecule has 0 N–H and O–H groups in total. The second-order valence-corrected chi connectivity index (χ2v) is 9.54. The molecular weight excluding hydrogens is 408 g/mol. The summed E-state index contributed by atoms with van der Waals surface area (Å²) >= 11 is 0. The van der Waals surface area contributed by atoms with E-state index in [-0.39, 0.29) is 24.1 Å². The van der Waals surface area contributed by atoms with Gasteiger partial charge in [0.15, 0.2) is 0 Å². The van der Waals surface area contributed by atoms with Crippen LogP contribution in [0.1, 0.15) is 88.7 Å². The average molecular weight is 451 g/mol. The maximum absolute atomic E-state index is 12.2. The van der Waals surface area contributed by atoms with Gasteiger partial charge in [0.05, 0.1) is 18.6 Å². The summed E-state index contributed by atoms with van der Waals surface area (Å²) in [7, 11) is 0. The lowest BCUT2D eigenvalue weighted by Gasteiger charge is -2.37. The fourth-order valence-corrected chi connectivity index (χ4v) is 4.69. The van der Waals surface area contributed by atoms with Crippen LogP contribution in [0.25, 0.3) is 0 Å². The third-order valence-corrected chi connectivity index (χ3v) is 6.77. The third kappa shape index (κ3) is 9.33. The number of carbonyl (C=O) groups is 1. The van der Waals surface area contributed by atoms with Crippen LogP contribution in [-0.4, -0.2) is 18.2 Å². The number of hydrogen-bond donors (Lipinski definition) is 0. The van der Waals surface area contributed by atoms with Gasteiger partial charge in [-0.05, 0) is 24.0 Å². The lowest BCUT2D eigenvalue weighted by molar-refractivity contribution is -0.189. The van der Waals surface area contributed by atoms with Gasteiger partial charge in [0.2, 0.25) is 0 Å². The first-order chi connectivity index (χ1) is 16.3.